The van der Waals surface area contributed by atoms with Crippen LogP contribution in [0.3, 0.4) is 0 Å². The highest BCUT2D eigenvalue weighted by Crippen LogP contribution is 2.28. The zero-order valence-electron chi connectivity index (χ0n) is 9.97. The molecule has 18 heavy (non-hydrogen) atoms. The maximum absolute atomic E-state index is 11.4. The van der Waals surface area contributed by atoms with Crippen molar-refractivity contribution in [3.05, 3.63) is 0 Å². The van der Waals surface area contributed by atoms with Crippen LogP contribution in [0.1, 0.15) is 13.8 Å². The van der Waals surface area contributed by atoms with E-state index in [0.717, 1.165) is 10.1 Å². The van der Waals surface area contributed by atoms with Crippen molar-refractivity contribution in [1.82, 2.24) is 15.5 Å². The van der Waals surface area contributed by atoms with Crippen LogP contribution in [0.4, 0.5) is 4.79 Å². The number of amides is 2. The molecule has 1 aromatic rings. The maximum atomic E-state index is 11.4. The molecule has 0 aliphatic carbocycles. The summed E-state index contributed by atoms with van der Waals surface area (Å²) in [5, 5.41) is 10.0. The number of ether oxygens (including phenoxy) is 1. The summed E-state index contributed by atoms with van der Waals surface area (Å²) in [6.07, 6.45) is -0.720. The van der Waals surface area contributed by atoms with Gasteiger partial charge >= 0.3 is 6.09 Å². The van der Waals surface area contributed by atoms with Crippen LogP contribution in [0.15, 0.2) is 8.68 Å². The monoisotopic (exact) mass is 307 g/mol. The van der Waals surface area contributed by atoms with E-state index >= 15 is 0 Å². The Balaban J connectivity index is 2.30. The van der Waals surface area contributed by atoms with Crippen LogP contribution >= 0.6 is 34.9 Å². The van der Waals surface area contributed by atoms with Gasteiger partial charge in [-0.15, -0.1) is 10.2 Å². The van der Waals surface area contributed by atoms with Gasteiger partial charge in [0.05, 0.1) is 12.4 Å². The number of carbonyl (C=O) groups excluding carboxylic acids is 2. The van der Waals surface area contributed by atoms with Gasteiger partial charge in [-0.05, 0) is 12.7 Å². The lowest BCUT2D eigenvalue weighted by Gasteiger charge is -2.02. The normalized spacial score (nSPS) is 10.1. The van der Waals surface area contributed by atoms with Crippen LogP contribution in [0.25, 0.3) is 0 Å². The van der Waals surface area contributed by atoms with Crippen molar-refractivity contribution in [2.45, 2.75) is 22.5 Å². The van der Waals surface area contributed by atoms with E-state index in [1.165, 1.54) is 23.1 Å². The minimum Gasteiger partial charge on any atom is -0.450 e. The fourth-order valence-electron chi connectivity index (χ4n) is 0.882. The number of imide groups is 1. The van der Waals surface area contributed by atoms with E-state index in [-0.39, 0.29) is 12.4 Å². The molecule has 0 fully saturated rings. The van der Waals surface area contributed by atoms with Crippen molar-refractivity contribution >= 4 is 46.9 Å². The fraction of sp³-hybridized carbons (Fsp3) is 0.556. The van der Waals surface area contributed by atoms with Gasteiger partial charge in [-0.3, -0.25) is 10.1 Å². The number of nitrogens with zero attached hydrogens (tertiary/aromatic N) is 2. The summed E-state index contributed by atoms with van der Waals surface area (Å²) >= 11 is 4.29. The van der Waals surface area contributed by atoms with Gasteiger partial charge < -0.3 is 4.74 Å². The van der Waals surface area contributed by atoms with Crippen LogP contribution in [-0.2, 0) is 9.53 Å². The second-order valence-corrected chi connectivity index (χ2v) is 6.54. The van der Waals surface area contributed by atoms with Gasteiger partial charge in [-0.1, -0.05) is 41.8 Å². The van der Waals surface area contributed by atoms with Crippen molar-refractivity contribution in [2.75, 3.05) is 18.1 Å². The summed E-state index contributed by atoms with van der Waals surface area (Å²) in [6, 6.07) is 0. The van der Waals surface area contributed by atoms with E-state index in [2.05, 4.69) is 20.3 Å². The van der Waals surface area contributed by atoms with Crippen molar-refractivity contribution in [2.24, 2.45) is 0 Å². The van der Waals surface area contributed by atoms with Gasteiger partial charge in [-0.2, -0.15) is 0 Å². The SMILES string of the molecule is CCOC(=O)NC(=O)CSc1nnc(SCC)s1. The summed E-state index contributed by atoms with van der Waals surface area (Å²) < 4.78 is 6.19. The first-order valence-electron chi connectivity index (χ1n) is 5.21. The molecule has 0 aliphatic rings. The summed E-state index contributed by atoms with van der Waals surface area (Å²) in [7, 11) is 0. The molecule has 1 aromatic heterocycles. The summed E-state index contributed by atoms with van der Waals surface area (Å²) in [5.41, 5.74) is 0. The van der Waals surface area contributed by atoms with Gasteiger partial charge in [0.15, 0.2) is 8.68 Å². The van der Waals surface area contributed by atoms with Gasteiger partial charge in [0.2, 0.25) is 5.91 Å². The zero-order chi connectivity index (χ0) is 13.4. The Labute approximate surface area is 117 Å². The first kappa shape index (κ1) is 15.3. The van der Waals surface area contributed by atoms with E-state index in [1.807, 2.05) is 6.92 Å². The predicted octanol–water partition coefficient (Wildman–Crippen LogP) is 2.01. The molecular formula is C9H13N3O3S3. The van der Waals surface area contributed by atoms with Gasteiger partial charge in [0.1, 0.15) is 0 Å². The van der Waals surface area contributed by atoms with E-state index in [0.29, 0.717) is 4.34 Å². The molecule has 100 valence electrons. The second kappa shape index (κ2) is 8.33. The smallest absolute Gasteiger partial charge is 0.413 e. The highest BCUT2D eigenvalue weighted by atomic mass is 32.2. The van der Waals surface area contributed by atoms with Crippen LogP contribution < -0.4 is 5.32 Å². The van der Waals surface area contributed by atoms with Crippen LogP contribution in [-0.4, -0.2) is 40.3 Å². The van der Waals surface area contributed by atoms with E-state index < -0.39 is 12.0 Å². The topological polar surface area (TPSA) is 81.2 Å². The molecule has 0 saturated heterocycles. The van der Waals surface area contributed by atoms with E-state index in [4.69, 9.17) is 0 Å². The number of hydrogen-bond donors (Lipinski definition) is 1. The molecule has 9 heteroatoms. The van der Waals surface area contributed by atoms with Gasteiger partial charge in [0.25, 0.3) is 0 Å². The Bertz CT molecular complexity index is 411. The average Bonchev–Trinajstić information content (AvgIpc) is 2.75. The second-order valence-electron chi connectivity index (χ2n) is 2.82. The number of alkyl carbamates (subject to hydrolysis) is 1. The Morgan fingerprint density at radius 2 is 1.94 bits per heavy atom. The number of rotatable bonds is 6. The van der Waals surface area contributed by atoms with E-state index in [9.17, 15) is 9.59 Å². The highest BCUT2D eigenvalue weighted by molar-refractivity contribution is 8.03. The standard InChI is InChI=1S/C9H13N3O3S3/c1-3-15-7(14)10-6(13)5-17-9-12-11-8(18-9)16-4-2/h3-5H2,1-2H3,(H,10,13,14). The number of aromatic nitrogens is 2. The summed E-state index contributed by atoms with van der Waals surface area (Å²) in [6.45, 7) is 3.94. The fourth-order valence-corrected chi connectivity index (χ4v) is 3.60. The van der Waals surface area contributed by atoms with Crippen LogP contribution in [0.2, 0.25) is 0 Å². The van der Waals surface area contributed by atoms with Crippen molar-refractivity contribution in [3.8, 4) is 0 Å². The molecule has 0 spiro atoms. The molecule has 0 aromatic carbocycles. The molecule has 0 radical (unpaired) electrons. The summed E-state index contributed by atoms with van der Waals surface area (Å²) in [5.74, 6) is 0.644. The van der Waals surface area contributed by atoms with Crippen LogP contribution in [0, 0.1) is 0 Å². The molecule has 0 saturated carbocycles. The van der Waals surface area contributed by atoms with Crippen LogP contribution in [0.5, 0.6) is 0 Å². The zero-order valence-corrected chi connectivity index (χ0v) is 12.4. The third-order valence-corrected chi connectivity index (χ3v) is 4.57. The first-order valence-corrected chi connectivity index (χ1v) is 8.00. The first-order chi connectivity index (χ1) is 8.65. The molecule has 2 amide bonds. The lowest BCUT2D eigenvalue weighted by Crippen LogP contribution is -2.32. The molecule has 0 aliphatic heterocycles. The molecule has 0 atom stereocenters. The minimum atomic E-state index is -0.720. The van der Waals surface area contributed by atoms with Crippen molar-refractivity contribution in [3.63, 3.8) is 0 Å². The van der Waals surface area contributed by atoms with E-state index in [1.54, 1.807) is 18.7 Å². The average molecular weight is 307 g/mol. The Hall–Kier alpha value is -0.800. The molecular weight excluding hydrogens is 294 g/mol. The minimum absolute atomic E-state index is 0.115. The van der Waals surface area contributed by atoms with Crippen molar-refractivity contribution in [1.29, 1.82) is 0 Å². The third-order valence-electron chi connectivity index (χ3n) is 1.50. The lowest BCUT2D eigenvalue weighted by molar-refractivity contribution is -0.117. The Morgan fingerprint density at radius 3 is 2.56 bits per heavy atom. The molecule has 6 nitrogen and oxygen atoms in total. The Morgan fingerprint density at radius 1 is 1.28 bits per heavy atom. The summed E-state index contributed by atoms with van der Waals surface area (Å²) in [4.78, 5) is 22.3. The van der Waals surface area contributed by atoms with Gasteiger partial charge in [0, 0.05) is 0 Å². The van der Waals surface area contributed by atoms with Gasteiger partial charge in [-0.25, -0.2) is 4.79 Å². The third kappa shape index (κ3) is 5.69. The molecule has 1 heterocycles. The number of nitrogens with one attached hydrogen (secondary N) is 1. The molecule has 0 unspecified atom stereocenters. The quantitative estimate of drug-likeness (QED) is 0.805. The number of carbonyl (C=O) groups is 2. The number of thioether (sulfide) groups is 2. The largest absolute Gasteiger partial charge is 0.450 e. The molecule has 1 N–H and O–H groups in total. The van der Waals surface area contributed by atoms with Crippen molar-refractivity contribution < 1.29 is 14.3 Å². The lowest BCUT2D eigenvalue weighted by atomic mass is 10.7. The molecule has 1 rings (SSSR count). The highest BCUT2D eigenvalue weighted by Gasteiger charge is 2.11. The predicted molar refractivity (Wildman–Crippen MR) is 72.2 cm³/mol. The molecule has 0 bridgehead atoms. The Kier molecular flexibility index (Phi) is 7.06. The number of hydrogen-bond acceptors (Lipinski definition) is 8. The maximum Gasteiger partial charge on any atom is 0.413 e.